The van der Waals surface area contributed by atoms with Crippen LogP contribution in [0.4, 0.5) is 0 Å². The molecule has 25 heavy (non-hydrogen) atoms. The zero-order valence-electron chi connectivity index (χ0n) is 14.4. The van der Waals surface area contributed by atoms with Gasteiger partial charge in [-0.1, -0.05) is 18.2 Å². The second-order valence-corrected chi connectivity index (χ2v) is 6.79. The molecule has 1 aliphatic heterocycles. The van der Waals surface area contributed by atoms with Gasteiger partial charge in [0.25, 0.3) is 0 Å². The number of aromatic nitrogens is 3. The number of imidazole rings is 1. The van der Waals surface area contributed by atoms with Crippen LogP contribution >= 0.6 is 0 Å². The molecule has 3 aromatic rings. The molecule has 130 valence electrons. The largest absolute Gasteiger partial charge is 0.361 e. The second kappa shape index (κ2) is 7.13. The van der Waals surface area contributed by atoms with Crippen LogP contribution in [0.3, 0.4) is 0 Å². The van der Waals surface area contributed by atoms with Crippen molar-refractivity contribution >= 4 is 16.8 Å². The number of fused-ring (bicyclic) bond motifs is 1. The van der Waals surface area contributed by atoms with Crippen molar-refractivity contribution in [1.29, 1.82) is 0 Å². The summed E-state index contributed by atoms with van der Waals surface area (Å²) >= 11 is 0. The Balaban J connectivity index is 1.38. The van der Waals surface area contributed by atoms with Crippen molar-refractivity contribution in [1.82, 2.24) is 19.9 Å². The summed E-state index contributed by atoms with van der Waals surface area (Å²) in [4.78, 5) is 25.7. The van der Waals surface area contributed by atoms with Gasteiger partial charge in [0, 0.05) is 42.5 Å². The molecular formula is C20H24N4O. The van der Waals surface area contributed by atoms with Crippen molar-refractivity contribution in [3.63, 3.8) is 0 Å². The number of carbonyl (C=O) groups excluding carboxylic acids is 1. The number of benzene rings is 1. The first kappa shape index (κ1) is 15.9. The van der Waals surface area contributed by atoms with E-state index in [0.29, 0.717) is 6.42 Å². The van der Waals surface area contributed by atoms with E-state index in [1.165, 1.54) is 10.9 Å². The molecule has 3 heterocycles. The zero-order valence-corrected chi connectivity index (χ0v) is 14.4. The Morgan fingerprint density at radius 2 is 2.16 bits per heavy atom. The van der Waals surface area contributed by atoms with Gasteiger partial charge in [0.05, 0.1) is 6.04 Å². The highest BCUT2D eigenvalue weighted by Crippen LogP contribution is 2.29. The number of piperidine rings is 1. The molecule has 0 spiro atoms. The fraction of sp³-hybridized carbons (Fsp3) is 0.400. The number of para-hydroxylation sites is 1. The summed E-state index contributed by atoms with van der Waals surface area (Å²) in [6.07, 6.45) is 11.3. The molecule has 1 fully saturated rings. The van der Waals surface area contributed by atoms with E-state index in [1.807, 2.05) is 17.2 Å². The van der Waals surface area contributed by atoms with E-state index < -0.39 is 0 Å². The Bertz CT molecular complexity index is 836. The number of carbonyl (C=O) groups is 1. The number of hydrogen-bond acceptors (Lipinski definition) is 2. The molecule has 2 N–H and O–H groups in total. The minimum atomic E-state index is 0.115. The maximum absolute atomic E-state index is 12.8. The van der Waals surface area contributed by atoms with Crippen LogP contribution in [0.25, 0.3) is 10.9 Å². The van der Waals surface area contributed by atoms with Crippen LogP contribution in [-0.4, -0.2) is 32.3 Å². The monoisotopic (exact) mass is 336 g/mol. The van der Waals surface area contributed by atoms with Crippen molar-refractivity contribution in [3.05, 3.63) is 54.2 Å². The van der Waals surface area contributed by atoms with Crippen LogP contribution < -0.4 is 0 Å². The molecule has 5 heteroatoms. The summed E-state index contributed by atoms with van der Waals surface area (Å²) in [5.41, 5.74) is 2.46. The predicted octanol–water partition coefficient (Wildman–Crippen LogP) is 3.97. The minimum absolute atomic E-state index is 0.115. The highest BCUT2D eigenvalue weighted by molar-refractivity contribution is 5.83. The van der Waals surface area contributed by atoms with E-state index >= 15 is 0 Å². The summed E-state index contributed by atoms with van der Waals surface area (Å²) < 4.78 is 0. The van der Waals surface area contributed by atoms with Gasteiger partial charge < -0.3 is 14.9 Å². The molecule has 1 aromatic carbocycles. The van der Waals surface area contributed by atoms with E-state index in [4.69, 9.17) is 0 Å². The number of aromatic amines is 2. The summed E-state index contributed by atoms with van der Waals surface area (Å²) in [5.74, 6) is 1.17. The topological polar surface area (TPSA) is 64.8 Å². The predicted molar refractivity (Wildman–Crippen MR) is 98.1 cm³/mol. The van der Waals surface area contributed by atoms with Crippen molar-refractivity contribution in [2.24, 2.45) is 0 Å². The van der Waals surface area contributed by atoms with Gasteiger partial charge in [0.2, 0.25) is 5.91 Å². The molecule has 1 unspecified atom stereocenters. The van der Waals surface area contributed by atoms with Crippen LogP contribution in [0.15, 0.2) is 42.9 Å². The Kier molecular flexibility index (Phi) is 4.55. The van der Waals surface area contributed by atoms with Crippen LogP contribution in [0.1, 0.15) is 49.5 Å². The van der Waals surface area contributed by atoms with Crippen LogP contribution in [-0.2, 0) is 11.2 Å². The molecule has 1 aliphatic rings. The molecule has 4 rings (SSSR count). The molecule has 0 radical (unpaired) electrons. The lowest BCUT2D eigenvalue weighted by atomic mass is 10.00. The van der Waals surface area contributed by atoms with Crippen LogP contribution in [0, 0.1) is 0 Å². The number of rotatable bonds is 5. The Hall–Kier alpha value is -2.56. The van der Waals surface area contributed by atoms with E-state index in [-0.39, 0.29) is 11.9 Å². The average Bonchev–Trinajstić information content (AvgIpc) is 3.32. The molecule has 5 nitrogen and oxygen atoms in total. The van der Waals surface area contributed by atoms with Crippen molar-refractivity contribution in [3.8, 4) is 0 Å². The highest BCUT2D eigenvalue weighted by atomic mass is 16.2. The van der Waals surface area contributed by atoms with Crippen LogP contribution in [0.5, 0.6) is 0 Å². The number of amides is 1. The molecule has 1 atom stereocenters. The highest BCUT2D eigenvalue weighted by Gasteiger charge is 2.29. The van der Waals surface area contributed by atoms with Gasteiger partial charge in [0.15, 0.2) is 0 Å². The summed E-state index contributed by atoms with van der Waals surface area (Å²) in [7, 11) is 0. The van der Waals surface area contributed by atoms with Gasteiger partial charge in [-0.3, -0.25) is 4.79 Å². The molecule has 2 aromatic heterocycles. The molecule has 1 amide bonds. The lowest BCUT2D eigenvalue weighted by Gasteiger charge is -2.34. The lowest BCUT2D eigenvalue weighted by molar-refractivity contribution is -0.135. The maximum Gasteiger partial charge on any atom is 0.223 e. The van der Waals surface area contributed by atoms with Crippen molar-refractivity contribution in [2.75, 3.05) is 6.54 Å². The Morgan fingerprint density at radius 1 is 1.24 bits per heavy atom. The molecule has 1 saturated heterocycles. The second-order valence-electron chi connectivity index (χ2n) is 6.79. The van der Waals surface area contributed by atoms with Gasteiger partial charge in [-0.2, -0.15) is 0 Å². The Labute approximate surface area is 147 Å². The Morgan fingerprint density at radius 3 is 3.04 bits per heavy atom. The number of likely N-dealkylation sites (tertiary alicyclic amines) is 1. The molecule has 0 aliphatic carbocycles. The zero-order chi connectivity index (χ0) is 17.1. The van der Waals surface area contributed by atoms with Gasteiger partial charge in [0.1, 0.15) is 5.82 Å². The molecule has 0 saturated carbocycles. The molecular weight excluding hydrogens is 312 g/mol. The first-order valence-corrected chi connectivity index (χ1v) is 9.16. The average molecular weight is 336 g/mol. The van der Waals surface area contributed by atoms with Crippen LogP contribution in [0.2, 0.25) is 0 Å². The van der Waals surface area contributed by atoms with E-state index in [0.717, 1.165) is 50.0 Å². The number of hydrogen-bond donors (Lipinski definition) is 2. The van der Waals surface area contributed by atoms with Gasteiger partial charge in [-0.25, -0.2) is 4.98 Å². The summed E-state index contributed by atoms with van der Waals surface area (Å²) in [6, 6.07) is 8.44. The van der Waals surface area contributed by atoms with Gasteiger partial charge >= 0.3 is 0 Å². The van der Waals surface area contributed by atoms with Gasteiger partial charge in [-0.05, 0) is 43.7 Å². The van der Waals surface area contributed by atoms with E-state index in [2.05, 4.69) is 39.3 Å². The van der Waals surface area contributed by atoms with E-state index in [1.54, 1.807) is 6.20 Å². The fourth-order valence-corrected chi connectivity index (χ4v) is 3.89. The number of nitrogens with zero attached hydrogens (tertiary/aromatic N) is 2. The van der Waals surface area contributed by atoms with Gasteiger partial charge in [-0.15, -0.1) is 0 Å². The third kappa shape index (κ3) is 3.31. The lowest BCUT2D eigenvalue weighted by Crippen LogP contribution is -2.38. The number of nitrogens with one attached hydrogen (secondary N) is 2. The SMILES string of the molecule is O=C(CCCc1c[nH]c2ccccc12)N1CCCCC1c1ncc[nH]1. The normalized spacial score (nSPS) is 17.9. The maximum atomic E-state index is 12.8. The van der Waals surface area contributed by atoms with Crippen molar-refractivity contribution < 1.29 is 4.79 Å². The minimum Gasteiger partial charge on any atom is -0.361 e. The van der Waals surface area contributed by atoms with E-state index in [9.17, 15) is 4.79 Å². The third-order valence-electron chi connectivity index (χ3n) is 5.17. The van der Waals surface area contributed by atoms with Crippen molar-refractivity contribution in [2.45, 2.75) is 44.6 Å². The first-order valence-electron chi connectivity index (χ1n) is 9.16. The molecule has 0 bridgehead atoms. The first-order chi connectivity index (χ1) is 12.3. The standard InChI is InChI=1S/C20H24N4O/c25-19(24-13-4-3-9-18(24)20-21-11-12-22-20)10-5-6-15-14-23-17-8-2-1-7-16(15)17/h1-2,7-8,11-12,14,18,23H,3-6,9-10,13H2,(H,21,22). The summed E-state index contributed by atoms with van der Waals surface area (Å²) in [6.45, 7) is 0.845. The summed E-state index contributed by atoms with van der Waals surface area (Å²) in [5, 5.41) is 1.27. The smallest absolute Gasteiger partial charge is 0.223 e. The number of aryl methyl sites for hydroxylation is 1. The third-order valence-corrected chi connectivity index (χ3v) is 5.17. The number of H-pyrrole nitrogens is 2. The quantitative estimate of drug-likeness (QED) is 0.740. The fourth-order valence-electron chi connectivity index (χ4n) is 3.89.